The summed E-state index contributed by atoms with van der Waals surface area (Å²) in [6.45, 7) is 9.45. The number of likely N-dealkylation sites (tertiary alicyclic amines) is 1. The standard InChI is InChI=1S/C11H23N/c1-6-11-7-8(2)12(5)10(4)9(11)3/h8-11H,6-7H2,1-5H3. The predicted octanol–water partition coefficient (Wildman–Crippen LogP) is 2.76. The van der Waals surface area contributed by atoms with E-state index in [2.05, 4.69) is 39.6 Å². The van der Waals surface area contributed by atoms with Crippen LogP contribution in [0.15, 0.2) is 0 Å². The summed E-state index contributed by atoms with van der Waals surface area (Å²) in [6.07, 6.45) is 2.74. The Kier molecular flexibility index (Phi) is 3.16. The highest BCUT2D eigenvalue weighted by atomic mass is 15.2. The zero-order chi connectivity index (χ0) is 9.30. The van der Waals surface area contributed by atoms with Crippen LogP contribution in [-0.2, 0) is 0 Å². The molecule has 1 rings (SSSR count). The summed E-state index contributed by atoms with van der Waals surface area (Å²) in [5.74, 6) is 1.82. The van der Waals surface area contributed by atoms with Gasteiger partial charge in [-0.1, -0.05) is 20.3 Å². The molecule has 72 valence electrons. The van der Waals surface area contributed by atoms with Crippen molar-refractivity contribution < 1.29 is 0 Å². The summed E-state index contributed by atoms with van der Waals surface area (Å²) in [6, 6.07) is 1.54. The molecular formula is C11H23N. The maximum Gasteiger partial charge on any atom is 0.00949 e. The van der Waals surface area contributed by atoms with Crippen LogP contribution in [0.25, 0.3) is 0 Å². The lowest BCUT2D eigenvalue weighted by atomic mass is 9.77. The van der Waals surface area contributed by atoms with Gasteiger partial charge in [0.15, 0.2) is 0 Å². The molecule has 0 aliphatic carbocycles. The van der Waals surface area contributed by atoms with Gasteiger partial charge >= 0.3 is 0 Å². The highest BCUT2D eigenvalue weighted by Crippen LogP contribution is 2.33. The molecule has 4 unspecified atom stereocenters. The Morgan fingerprint density at radius 1 is 1.25 bits per heavy atom. The summed E-state index contributed by atoms with van der Waals surface area (Å²) < 4.78 is 0. The Bertz CT molecular complexity index is 139. The molecule has 1 heteroatoms. The fourth-order valence-electron chi connectivity index (χ4n) is 2.52. The van der Waals surface area contributed by atoms with E-state index in [1.807, 2.05) is 0 Å². The molecule has 0 radical (unpaired) electrons. The zero-order valence-corrected chi connectivity index (χ0v) is 9.17. The third kappa shape index (κ3) is 1.66. The van der Waals surface area contributed by atoms with E-state index in [-0.39, 0.29) is 0 Å². The lowest BCUT2D eigenvalue weighted by molar-refractivity contribution is 0.0449. The largest absolute Gasteiger partial charge is 0.301 e. The van der Waals surface area contributed by atoms with Crippen LogP contribution in [0.4, 0.5) is 0 Å². The molecule has 0 aromatic rings. The van der Waals surface area contributed by atoms with Crippen molar-refractivity contribution in [2.24, 2.45) is 11.8 Å². The lowest BCUT2D eigenvalue weighted by Gasteiger charge is -2.44. The molecule has 1 saturated heterocycles. The van der Waals surface area contributed by atoms with E-state index in [0.717, 1.165) is 23.9 Å². The van der Waals surface area contributed by atoms with Crippen LogP contribution < -0.4 is 0 Å². The Balaban J connectivity index is 2.63. The molecular weight excluding hydrogens is 146 g/mol. The fraction of sp³-hybridized carbons (Fsp3) is 1.00. The van der Waals surface area contributed by atoms with E-state index in [1.54, 1.807) is 0 Å². The van der Waals surface area contributed by atoms with Crippen LogP contribution in [0.5, 0.6) is 0 Å². The van der Waals surface area contributed by atoms with Crippen molar-refractivity contribution >= 4 is 0 Å². The molecule has 0 bridgehead atoms. The van der Waals surface area contributed by atoms with Crippen molar-refractivity contribution in [1.82, 2.24) is 4.90 Å². The SMILES string of the molecule is CCC1CC(C)N(C)C(C)C1C. The Morgan fingerprint density at radius 3 is 2.33 bits per heavy atom. The molecule has 4 atom stereocenters. The van der Waals surface area contributed by atoms with Gasteiger partial charge in [-0.15, -0.1) is 0 Å². The maximum absolute atomic E-state index is 2.52. The van der Waals surface area contributed by atoms with Crippen LogP contribution >= 0.6 is 0 Å². The molecule has 0 amide bonds. The van der Waals surface area contributed by atoms with Crippen molar-refractivity contribution in [3.8, 4) is 0 Å². The highest BCUT2D eigenvalue weighted by molar-refractivity contribution is 4.86. The van der Waals surface area contributed by atoms with Crippen LogP contribution in [0.3, 0.4) is 0 Å². The molecule has 0 saturated carbocycles. The quantitative estimate of drug-likeness (QED) is 0.583. The topological polar surface area (TPSA) is 3.24 Å². The molecule has 1 aliphatic rings. The van der Waals surface area contributed by atoms with Gasteiger partial charge < -0.3 is 4.90 Å². The van der Waals surface area contributed by atoms with Gasteiger partial charge in [-0.3, -0.25) is 0 Å². The van der Waals surface area contributed by atoms with Gasteiger partial charge in [-0.25, -0.2) is 0 Å². The molecule has 0 aromatic heterocycles. The minimum Gasteiger partial charge on any atom is -0.301 e. The van der Waals surface area contributed by atoms with E-state index in [4.69, 9.17) is 0 Å². The summed E-state index contributed by atoms with van der Waals surface area (Å²) >= 11 is 0. The van der Waals surface area contributed by atoms with E-state index >= 15 is 0 Å². The molecule has 1 fully saturated rings. The third-order valence-corrected chi connectivity index (χ3v) is 4.01. The molecule has 0 aromatic carbocycles. The van der Waals surface area contributed by atoms with E-state index in [9.17, 15) is 0 Å². The normalized spacial score (nSPS) is 44.8. The fourth-order valence-corrected chi connectivity index (χ4v) is 2.52. The zero-order valence-electron chi connectivity index (χ0n) is 9.17. The molecule has 1 heterocycles. The lowest BCUT2D eigenvalue weighted by Crippen LogP contribution is -2.48. The van der Waals surface area contributed by atoms with E-state index < -0.39 is 0 Å². The van der Waals surface area contributed by atoms with Crippen molar-refractivity contribution in [1.29, 1.82) is 0 Å². The number of hydrogen-bond donors (Lipinski definition) is 0. The van der Waals surface area contributed by atoms with Gasteiger partial charge in [0.1, 0.15) is 0 Å². The van der Waals surface area contributed by atoms with Crippen LogP contribution in [-0.4, -0.2) is 24.0 Å². The van der Waals surface area contributed by atoms with Gasteiger partial charge in [0, 0.05) is 12.1 Å². The third-order valence-electron chi connectivity index (χ3n) is 4.01. The Hall–Kier alpha value is -0.0400. The minimum absolute atomic E-state index is 0.763. The first kappa shape index (κ1) is 10.0. The van der Waals surface area contributed by atoms with Crippen molar-refractivity contribution in [3.63, 3.8) is 0 Å². The summed E-state index contributed by atoms with van der Waals surface area (Å²) in [5.41, 5.74) is 0. The van der Waals surface area contributed by atoms with Gasteiger partial charge in [-0.2, -0.15) is 0 Å². The summed E-state index contributed by atoms with van der Waals surface area (Å²) in [7, 11) is 2.26. The number of nitrogens with zero attached hydrogens (tertiary/aromatic N) is 1. The first-order valence-electron chi connectivity index (χ1n) is 5.29. The average molecular weight is 169 g/mol. The second-order valence-corrected chi connectivity index (χ2v) is 4.52. The number of rotatable bonds is 1. The minimum atomic E-state index is 0.763. The smallest absolute Gasteiger partial charge is 0.00949 e. The Morgan fingerprint density at radius 2 is 1.83 bits per heavy atom. The molecule has 12 heavy (non-hydrogen) atoms. The van der Waals surface area contributed by atoms with Crippen LogP contribution in [0.2, 0.25) is 0 Å². The Labute approximate surface area is 77.1 Å². The van der Waals surface area contributed by atoms with Gasteiger partial charge in [0.2, 0.25) is 0 Å². The summed E-state index contributed by atoms with van der Waals surface area (Å²) in [4.78, 5) is 2.52. The van der Waals surface area contributed by atoms with Gasteiger partial charge in [0.05, 0.1) is 0 Å². The molecule has 1 nitrogen and oxygen atoms in total. The van der Waals surface area contributed by atoms with Crippen LogP contribution in [0.1, 0.15) is 40.5 Å². The average Bonchev–Trinajstić information content (AvgIpc) is 2.08. The van der Waals surface area contributed by atoms with Gasteiger partial charge in [0.25, 0.3) is 0 Å². The van der Waals surface area contributed by atoms with Crippen LogP contribution in [0, 0.1) is 11.8 Å². The van der Waals surface area contributed by atoms with Crippen molar-refractivity contribution in [3.05, 3.63) is 0 Å². The molecule has 0 spiro atoms. The second-order valence-electron chi connectivity index (χ2n) is 4.52. The predicted molar refractivity (Wildman–Crippen MR) is 54.2 cm³/mol. The first-order chi connectivity index (χ1) is 5.57. The molecule has 1 aliphatic heterocycles. The monoisotopic (exact) mass is 169 g/mol. The van der Waals surface area contributed by atoms with E-state index in [0.29, 0.717) is 0 Å². The highest BCUT2D eigenvalue weighted by Gasteiger charge is 2.33. The van der Waals surface area contributed by atoms with Crippen molar-refractivity contribution in [2.45, 2.75) is 52.6 Å². The van der Waals surface area contributed by atoms with Crippen molar-refractivity contribution in [2.75, 3.05) is 7.05 Å². The van der Waals surface area contributed by atoms with E-state index in [1.165, 1.54) is 12.8 Å². The second kappa shape index (κ2) is 3.78. The number of hydrogen-bond acceptors (Lipinski definition) is 1. The first-order valence-corrected chi connectivity index (χ1v) is 5.29. The summed E-state index contributed by atoms with van der Waals surface area (Å²) in [5, 5.41) is 0. The maximum atomic E-state index is 2.52. The number of piperidine rings is 1. The van der Waals surface area contributed by atoms with Gasteiger partial charge in [-0.05, 0) is 39.2 Å². The molecule has 0 N–H and O–H groups in total.